The Hall–Kier alpha value is -4.21. The van der Waals surface area contributed by atoms with E-state index < -0.39 is 11.4 Å². The van der Waals surface area contributed by atoms with E-state index in [9.17, 15) is 14.3 Å². The van der Waals surface area contributed by atoms with Gasteiger partial charge in [-0.25, -0.2) is 9.37 Å². The molecule has 0 atom stereocenters. The van der Waals surface area contributed by atoms with Crippen LogP contribution in [0.4, 0.5) is 4.39 Å². The number of aliphatic imine (C=N–C) groups is 1. The average Bonchev–Trinajstić information content (AvgIpc) is 3.37. The van der Waals surface area contributed by atoms with Crippen molar-refractivity contribution in [1.82, 2.24) is 25.1 Å². The first-order chi connectivity index (χ1) is 14.6. The molecule has 148 valence electrons. The van der Waals surface area contributed by atoms with Crippen LogP contribution in [-0.2, 0) is 6.42 Å². The molecule has 4 aromatic rings. The Labute approximate surface area is 167 Å². The molecule has 1 aliphatic rings. The summed E-state index contributed by atoms with van der Waals surface area (Å²) in [6.07, 6.45) is 2.74. The summed E-state index contributed by atoms with van der Waals surface area (Å²) < 4.78 is 18.8. The van der Waals surface area contributed by atoms with Gasteiger partial charge >= 0.3 is 0 Å². The van der Waals surface area contributed by atoms with Crippen LogP contribution in [0.15, 0.2) is 56.7 Å². The monoisotopic (exact) mass is 404 g/mol. The van der Waals surface area contributed by atoms with Crippen LogP contribution in [0.5, 0.6) is 5.88 Å². The lowest BCUT2D eigenvalue weighted by Gasteiger charge is -2.05. The van der Waals surface area contributed by atoms with E-state index in [1.807, 2.05) is 6.07 Å². The van der Waals surface area contributed by atoms with Gasteiger partial charge in [0, 0.05) is 17.8 Å². The van der Waals surface area contributed by atoms with Crippen molar-refractivity contribution < 1.29 is 14.0 Å². The molecule has 5 rings (SSSR count). The van der Waals surface area contributed by atoms with E-state index in [0.29, 0.717) is 16.7 Å². The van der Waals surface area contributed by atoms with Crippen LogP contribution in [0, 0.1) is 0 Å². The number of aromatic nitrogens is 5. The second kappa shape index (κ2) is 6.99. The quantitative estimate of drug-likeness (QED) is 0.534. The number of rotatable bonds is 4. The molecule has 9 nitrogen and oxygen atoms in total. The number of nitrogens with zero attached hydrogens (tertiary/aromatic N) is 5. The number of hydrogen-bond acceptors (Lipinski definition) is 8. The van der Waals surface area contributed by atoms with Crippen molar-refractivity contribution in [1.29, 1.82) is 0 Å². The van der Waals surface area contributed by atoms with Gasteiger partial charge in [0.15, 0.2) is 0 Å². The number of pyridine rings is 1. The maximum Gasteiger partial charge on any atom is 0.280 e. The van der Waals surface area contributed by atoms with Crippen LogP contribution in [0.1, 0.15) is 17.5 Å². The Kier molecular flexibility index (Phi) is 4.16. The fourth-order valence-electron chi connectivity index (χ4n) is 3.16. The molecule has 4 heterocycles. The van der Waals surface area contributed by atoms with Crippen molar-refractivity contribution in [2.24, 2.45) is 4.99 Å². The summed E-state index contributed by atoms with van der Waals surface area (Å²) in [5, 5.41) is 13.5. The highest BCUT2D eigenvalue weighted by Gasteiger charge is 2.19. The lowest BCUT2D eigenvalue weighted by molar-refractivity contribution is 0.381. The fraction of sp³-hybridized carbons (Fsp3) is 0.100. The SMILES string of the molecule is O=c1nc(Cc2nc(C3=C(F)C=NC3)no2)[nH]c2ccc(-c3ccc(O)nc3)cc12. The zero-order valence-electron chi connectivity index (χ0n) is 15.3. The van der Waals surface area contributed by atoms with E-state index in [2.05, 4.69) is 30.1 Å². The summed E-state index contributed by atoms with van der Waals surface area (Å²) in [5.74, 6) is 0.118. The maximum atomic E-state index is 13.6. The number of fused-ring (bicyclic) bond motifs is 1. The van der Waals surface area contributed by atoms with Gasteiger partial charge in [-0.1, -0.05) is 11.2 Å². The smallest absolute Gasteiger partial charge is 0.280 e. The predicted molar refractivity (Wildman–Crippen MR) is 106 cm³/mol. The minimum absolute atomic E-state index is 0.0765. The number of hydrogen-bond donors (Lipinski definition) is 2. The first-order valence-electron chi connectivity index (χ1n) is 8.96. The van der Waals surface area contributed by atoms with Gasteiger partial charge in [0.2, 0.25) is 17.6 Å². The van der Waals surface area contributed by atoms with Gasteiger partial charge < -0.3 is 14.6 Å². The normalized spacial score (nSPS) is 13.5. The van der Waals surface area contributed by atoms with Crippen LogP contribution < -0.4 is 5.56 Å². The Morgan fingerprint density at radius 1 is 1.17 bits per heavy atom. The number of aromatic amines is 1. The second-order valence-corrected chi connectivity index (χ2v) is 6.64. The van der Waals surface area contributed by atoms with E-state index >= 15 is 0 Å². The number of H-pyrrole nitrogens is 1. The highest BCUT2D eigenvalue weighted by molar-refractivity contribution is 5.92. The van der Waals surface area contributed by atoms with Gasteiger partial charge in [-0.3, -0.25) is 9.79 Å². The number of allylic oxidation sites excluding steroid dienone is 1. The highest BCUT2D eigenvalue weighted by atomic mass is 19.1. The molecule has 0 amide bonds. The molecular weight excluding hydrogens is 391 g/mol. The van der Waals surface area contributed by atoms with Gasteiger partial charge in [0.05, 0.1) is 35.7 Å². The zero-order chi connectivity index (χ0) is 20.7. The molecule has 2 N–H and O–H groups in total. The molecule has 0 saturated carbocycles. The largest absolute Gasteiger partial charge is 0.493 e. The van der Waals surface area contributed by atoms with Crippen molar-refractivity contribution in [3.05, 3.63) is 70.2 Å². The first kappa shape index (κ1) is 17.9. The van der Waals surface area contributed by atoms with E-state index in [1.165, 1.54) is 12.3 Å². The van der Waals surface area contributed by atoms with E-state index in [-0.39, 0.29) is 36.1 Å². The van der Waals surface area contributed by atoms with Crippen LogP contribution in [-0.4, -0.2) is 43.0 Å². The standard InChI is InChI=1S/C20H13FN6O3/c21-14-9-22-8-13(14)19-26-18(30-27-19)6-16-24-15-3-1-10(5-12(15)20(29)25-16)11-2-4-17(28)23-7-11/h1-5,7,9H,6,8H2,(H,23,28)(H,24,25,29). The molecule has 0 fully saturated rings. The number of halogens is 1. The third kappa shape index (κ3) is 3.24. The topological polar surface area (TPSA) is 130 Å². The molecule has 1 aliphatic heterocycles. The van der Waals surface area contributed by atoms with Gasteiger partial charge in [-0.15, -0.1) is 0 Å². The molecule has 1 aromatic carbocycles. The molecule has 10 heteroatoms. The Morgan fingerprint density at radius 3 is 2.80 bits per heavy atom. The predicted octanol–water partition coefficient (Wildman–Crippen LogP) is 2.43. The molecule has 0 unspecified atom stereocenters. The van der Waals surface area contributed by atoms with E-state index in [4.69, 9.17) is 4.52 Å². The van der Waals surface area contributed by atoms with Crippen LogP contribution >= 0.6 is 0 Å². The molecule has 0 spiro atoms. The Bertz CT molecular complexity index is 1390. The summed E-state index contributed by atoms with van der Waals surface area (Å²) in [7, 11) is 0. The minimum Gasteiger partial charge on any atom is -0.493 e. The molecular formula is C20H13FN6O3. The minimum atomic E-state index is -0.487. The third-order valence-electron chi connectivity index (χ3n) is 4.65. The Balaban J connectivity index is 1.44. The number of aromatic hydroxyl groups is 1. The van der Waals surface area contributed by atoms with Crippen molar-refractivity contribution >= 4 is 22.7 Å². The summed E-state index contributed by atoms with van der Waals surface area (Å²) in [4.78, 5) is 31.5. The average molecular weight is 404 g/mol. The maximum absolute atomic E-state index is 13.6. The molecule has 0 radical (unpaired) electrons. The summed E-state index contributed by atoms with van der Waals surface area (Å²) in [6, 6.07) is 8.48. The molecule has 0 bridgehead atoms. The summed E-state index contributed by atoms with van der Waals surface area (Å²) in [6.45, 7) is 0.161. The lowest BCUT2D eigenvalue weighted by Crippen LogP contribution is -2.12. The second-order valence-electron chi connectivity index (χ2n) is 6.64. The molecule has 30 heavy (non-hydrogen) atoms. The lowest BCUT2D eigenvalue weighted by atomic mass is 10.1. The van der Waals surface area contributed by atoms with Crippen LogP contribution in [0.25, 0.3) is 27.6 Å². The van der Waals surface area contributed by atoms with Crippen molar-refractivity contribution in [3.63, 3.8) is 0 Å². The number of nitrogens with one attached hydrogen (secondary N) is 1. The Morgan fingerprint density at radius 2 is 2.03 bits per heavy atom. The van der Waals surface area contributed by atoms with E-state index in [1.54, 1.807) is 18.2 Å². The molecule has 0 saturated heterocycles. The summed E-state index contributed by atoms with van der Waals surface area (Å²) in [5.41, 5.74) is 1.98. The summed E-state index contributed by atoms with van der Waals surface area (Å²) >= 11 is 0. The van der Waals surface area contributed by atoms with Crippen molar-refractivity contribution in [2.45, 2.75) is 6.42 Å². The van der Waals surface area contributed by atoms with Crippen LogP contribution in [0.2, 0.25) is 0 Å². The van der Waals surface area contributed by atoms with Crippen LogP contribution in [0.3, 0.4) is 0 Å². The first-order valence-corrected chi connectivity index (χ1v) is 8.96. The van der Waals surface area contributed by atoms with Gasteiger partial charge in [0.25, 0.3) is 5.56 Å². The highest BCUT2D eigenvalue weighted by Crippen LogP contribution is 2.23. The third-order valence-corrected chi connectivity index (χ3v) is 4.65. The molecule has 0 aliphatic carbocycles. The zero-order valence-corrected chi connectivity index (χ0v) is 15.3. The van der Waals surface area contributed by atoms with Gasteiger partial charge in [-0.05, 0) is 23.8 Å². The molecule has 3 aromatic heterocycles. The van der Waals surface area contributed by atoms with E-state index in [0.717, 1.165) is 17.3 Å². The van der Waals surface area contributed by atoms with Crippen molar-refractivity contribution in [2.75, 3.05) is 6.54 Å². The van der Waals surface area contributed by atoms with Crippen molar-refractivity contribution in [3.8, 4) is 17.0 Å². The fourth-order valence-corrected chi connectivity index (χ4v) is 3.16. The van der Waals surface area contributed by atoms with Gasteiger partial charge in [-0.2, -0.15) is 9.97 Å². The number of benzene rings is 1. The van der Waals surface area contributed by atoms with Gasteiger partial charge in [0.1, 0.15) is 11.7 Å².